The first-order valence-corrected chi connectivity index (χ1v) is 4.56. The highest BCUT2D eigenvalue weighted by Gasteiger charge is 2.29. The minimum absolute atomic E-state index is 0.537. The number of hydrogen-bond donors (Lipinski definition) is 1. The van der Waals surface area contributed by atoms with Gasteiger partial charge >= 0.3 is 0 Å². The predicted molar refractivity (Wildman–Crippen MR) is 47.4 cm³/mol. The van der Waals surface area contributed by atoms with Gasteiger partial charge in [-0.1, -0.05) is 13.8 Å². The molecular formula is C9H21N2+. The molecule has 0 radical (unpaired) electrons. The first kappa shape index (κ1) is 9.01. The first-order valence-electron chi connectivity index (χ1n) is 4.56. The highest BCUT2D eigenvalue weighted by Crippen LogP contribution is 2.26. The van der Waals surface area contributed by atoms with Crippen molar-refractivity contribution in [1.29, 1.82) is 0 Å². The van der Waals surface area contributed by atoms with E-state index in [1.165, 1.54) is 30.9 Å². The molecule has 0 aromatic carbocycles. The molecule has 1 rings (SSSR count). The molecule has 2 nitrogen and oxygen atoms in total. The van der Waals surface area contributed by atoms with E-state index in [0.29, 0.717) is 5.41 Å². The van der Waals surface area contributed by atoms with Crippen molar-refractivity contribution in [3.63, 3.8) is 0 Å². The molecule has 0 atom stereocenters. The molecule has 0 amide bonds. The van der Waals surface area contributed by atoms with Crippen LogP contribution in [0.4, 0.5) is 0 Å². The van der Waals surface area contributed by atoms with Crippen LogP contribution in [0.25, 0.3) is 0 Å². The Morgan fingerprint density at radius 2 is 1.91 bits per heavy atom. The van der Waals surface area contributed by atoms with Gasteiger partial charge in [-0.25, -0.2) is 0 Å². The van der Waals surface area contributed by atoms with E-state index in [4.69, 9.17) is 0 Å². The molecule has 2 heteroatoms. The second-order valence-corrected chi connectivity index (χ2v) is 4.64. The van der Waals surface area contributed by atoms with Gasteiger partial charge in [-0.2, -0.15) is 5.01 Å². The van der Waals surface area contributed by atoms with Crippen LogP contribution in [-0.4, -0.2) is 32.2 Å². The summed E-state index contributed by atoms with van der Waals surface area (Å²) in [5.74, 6) is 0. The zero-order valence-corrected chi connectivity index (χ0v) is 8.28. The summed E-state index contributed by atoms with van der Waals surface area (Å²) >= 11 is 0. The topological polar surface area (TPSA) is 7.68 Å². The third-order valence-corrected chi connectivity index (χ3v) is 2.53. The molecule has 0 unspecified atom stereocenters. The molecule has 1 N–H and O–H groups in total. The lowest BCUT2D eigenvalue weighted by atomic mass is 9.85. The van der Waals surface area contributed by atoms with Gasteiger partial charge < -0.3 is 0 Å². The molecule has 1 saturated heterocycles. The van der Waals surface area contributed by atoms with Crippen molar-refractivity contribution in [1.82, 2.24) is 5.01 Å². The molecule has 0 aromatic heterocycles. The molecule has 0 aromatic rings. The van der Waals surface area contributed by atoms with E-state index in [9.17, 15) is 0 Å². The van der Waals surface area contributed by atoms with Crippen LogP contribution in [0.3, 0.4) is 0 Å². The van der Waals surface area contributed by atoms with Crippen molar-refractivity contribution in [2.45, 2.75) is 26.7 Å². The van der Waals surface area contributed by atoms with Crippen LogP contribution in [0.5, 0.6) is 0 Å². The molecular weight excluding hydrogens is 136 g/mol. The molecule has 1 aliphatic rings. The van der Waals surface area contributed by atoms with Crippen LogP contribution in [0.2, 0.25) is 0 Å². The van der Waals surface area contributed by atoms with Crippen molar-refractivity contribution >= 4 is 0 Å². The Hall–Kier alpha value is -0.0800. The Morgan fingerprint density at radius 3 is 2.27 bits per heavy atom. The van der Waals surface area contributed by atoms with Crippen LogP contribution in [0.15, 0.2) is 0 Å². The lowest BCUT2D eigenvalue weighted by molar-refractivity contribution is -0.984. The molecule has 1 heterocycles. The fourth-order valence-corrected chi connectivity index (χ4v) is 1.80. The SMILES string of the molecule is C[NH+](C)N1CCCC(C)(C)C1. The number of nitrogens with one attached hydrogen (secondary N) is 1. The number of quaternary nitrogens is 1. The molecule has 0 aliphatic carbocycles. The van der Waals surface area contributed by atoms with E-state index >= 15 is 0 Å². The van der Waals surface area contributed by atoms with Gasteiger partial charge in [0.2, 0.25) is 0 Å². The maximum Gasteiger partial charge on any atom is 0.0841 e. The molecule has 0 spiro atoms. The van der Waals surface area contributed by atoms with Gasteiger partial charge in [0.1, 0.15) is 0 Å². The van der Waals surface area contributed by atoms with Crippen molar-refractivity contribution in [2.24, 2.45) is 5.41 Å². The third-order valence-electron chi connectivity index (χ3n) is 2.53. The lowest BCUT2D eigenvalue weighted by Crippen LogP contribution is -3.13. The lowest BCUT2D eigenvalue weighted by Gasteiger charge is -2.38. The van der Waals surface area contributed by atoms with E-state index in [1.54, 1.807) is 0 Å². The Morgan fingerprint density at radius 1 is 1.27 bits per heavy atom. The second-order valence-electron chi connectivity index (χ2n) is 4.64. The van der Waals surface area contributed by atoms with Gasteiger partial charge in [0, 0.05) is 6.54 Å². The summed E-state index contributed by atoms with van der Waals surface area (Å²) < 4.78 is 0. The van der Waals surface area contributed by atoms with Gasteiger partial charge in [0.25, 0.3) is 0 Å². The van der Waals surface area contributed by atoms with Crippen molar-refractivity contribution in [2.75, 3.05) is 27.2 Å². The fraction of sp³-hybridized carbons (Fsp3) is 1.00. The fourth-order valence-electron chi connectivity index (χ4n) is 1.80. The van der Waals surface area contributed by atoms with E-state index in [1.807, 2.05) is 0 Å². The molecule has 66 valence electrons. The Bertz CT molecular complexity index is 130. The largest absolute Gasteiger partial charge is 0.260 e. The molecule has 11 heavy (non-hydrogen) atoms. The first-order chi connectivity index (χ1) is 5.01. The van der Waals surface area contributed by atoms with Gasteiger partial charge in [-0.3, -0.25) is 5.01 Å². The Labute approximate surface area is 70.1 Å². The van der Waals surface area contributed by atoms with Crippen LogP contribution in [0, 0.1) is 5.41 Å². The monoisotopic (exact) mass is 157 g/mol. The smallest absolute Gasteiger partial charge is 0.0841 e. The van der Waals surface area contributed by atoms with Gasteiger partial charge in [-0.15, -0.1) is 0 Å². The van der Waals surface area contributed by atoms with Gasteiger partial charge in [0.05, 0.1) is 20.6 Å². The summed E-state index contributed by atoms with van der Waals surface area (Å²) in [6.07, 6.45) is 2.74. The van der Waals surface area contributed by atoms with Crippen molar-refractivity contribution in [3.05, 3.63) is 0 Å². The second kappa shape index (κ2) is 3.11. The average Bonchev–Trinajstić information content (AvgIpc) is 1.85. The van der Waals surface area contributed by atoms with E-state index < -0.39 is 0 Å². The molecule has 1 aliphatic heterocycles. The Kier molecular flexibility index (Phi) is 2.55. The van der Waals surface area contributed by atoms with Gasteiger partial charge in [-0.05, 0) is 18.3 Å². The van der Waals surface area contributed by atoms with E-state index in [-0.39, 0.29) is 0 Å². The zero-order valence-electron chi connectivity index (χ0n) is 8.28. The molecule has 0 saturated carbocycles. The maximum absolute atomic E-state index is 2.50. The summed E-state index contributed by atoms with van der Waals surface area (Å²) in [4.78, 5) is 0. The van der Waals surface area contributed by atoms with Crippen LogP contribution < -0.4 is 5.01 Å². The van der Waals surface area contributed by atoms with Crippen molar-refractivity contribution < 1.29 is 5.01 Å². The van der Waals surface area contributed by atoms with E-state index in [0.717, 1.165) is 0 Å². The zero-order chi connectivity index (χ0) is 8.48. The number of nitrogens with zero attached hydrogens (tertiary/aromatic N) is 1. The molecule has 0 bridgehead atoms. The number of hydrogen-bond acceptors (Lipinski definition) is 1. The number of piperidine rings is 1. The minimum Gasteiger partial charge on any atom is -0.260 e. The summed E-state index contributed by atoms with van der Waals surface area (Å²) in [5, 5.41) is 3.97. The summed E-state index contributed by atoms with van der Waals surface area (Å²) in [7, 11) is 4.42. The predicted octanol–water partition coefficient (Wildman–Crippen LogP) is 0.168. The van der Waals surface area contributed by atoms with Crippen LogP contribution in [0.1, 0.15) is 26.7 Å². The van der Waals surface area contributed by atoms with E-state index in [2.05, 4.69) is 33.0 Å². The number of rotatable bonds is 1. The van der Waals surface area contributed by atoms with Crippen LogP contribution >= 0.6 is 0 Å². The standard InChI is InChI=1S/C9H20N2/c1-9(2)6-5-7-11(8-9)10(3)4/h5-8H2,1-4H3/p+1. The highest BCUT2D eigenvalue weighted by atomic mass is 15.6. The highest BCUT2D eigenvalue weighted by molar-refractivity contribution is 4.75. The summed E-state index contributed by atoms with van der Waals surface area (Å²) in [5.41, 5.74) is 0.537. The Balaban J connectivity index is 2.46. The van der Waals surface area contributed by atoms with Crippen molar-refractivity contribution in [3.8, 4) is 0 Å². The average molecular weight is 157 g/mol. The summed E-state index contributed by atoms with van der Waals surface area (Å²) in [6, 6.07) is 0. The maximum atomic E-state index is 2.50. The van der Waals surface area contributed by atoms with Crippen LogP contribution in [-0.2, 0) is 0 Å². The quantitative estimate of drug-likeness (QED) is 0.570. The van der Waals surface area contributed by atoms with Gasteiger partial charge in [0.15, 0.2) is 0 Å². The summed E-state index contributed by atoms with van der Waals surface area (Å²) in [6.45, 7) is 7.24. The minimum atomic E-state index is 0.537. The normalized spacial score (nSPS) is 25.9. The molecule has 1 fully saturated rings. The third kappa shape index (κ3) is 2.46.